The van der Waals surface area contributed by atoms with Crippen molar-refractivity contribution >= 4 is 0 Å². The Morgan fingerprint density at radius 1 is 1.31 bits per heavy atom. The number of ether oxygens (including phenoxy) is 1. The van der Waals surface area contributed by atoms with Crippen LogP contribution in [0.3, 0.4) is 0 Å². The van der Waals surface area contributed by atoms with Crippen LogP contribution in [0.5, 0.6) is 5.88 Å². The summed E-state index contributed by atoms with van der Waals surface area (Å²) in [5, 5.41) is 0. The van der Waals surface area contributed by atoms with Gasteiger partial charge in [0, 0.05) is 11.8 Å². The first-order valence-corrected chi connectivity index (χ1v) is 4.73. The summed E-state index contributed by atoms with van der Waals surface area (Å²) in [5.74, 6) is 1.52. The third kappa shape index (κ3) is 1.97. The number of hydrogen-bond acceptors (Lipinski definition) is 3. The summed E-state index contributed by atoms with van der Waals surface area (Å²) >= 11 is 0. The van der Waals surface area contributed by atoms with Gasteiger partial charge in [0.15, 0.2) is 0 Å². The highest BCUT2D eigenvalue weighted by molar-refractivity contribution is 5.15. The molecule has 1 aromatic heterocycles. The number of nitrogens with zero attached hydrogens (tertiary/aromatic N) is 2. The Morgan fingerprint density at radius 3 is 2.62 bits per heavy atom. The van der Waals surface area contributed by atoms with E-state index < -0.39 is 0 Å². The smallest absolute Gasteiger partial charge is 0.217 e. The van der Waals surface area contributed by atoms with Crippen LogP contribution in [-0.4, -0.2) is 16.1 Å². The van der Waals surface area contributed by atoms with E-state index in [-0.39, 0.29) is 0 Å². The molecule has 13 heavy (non-hydrogen) atoms. The van der Waals surface area contributed by atoms with Gasteiger partial charge in [0.05, 0.1) is 0 Å². The van der Waals surface area contributed by atoms with Gasteiger partial charge in [0.1, 0.15) is 11.9 Å². The number of aromatic nitrogens is 2. The molecule has 0 atom stereocenters. The second kappa shape index (κ2) is 3.32. The monoisotopic (exact) mass is 178 g/mol. The second-order valence-corrected chi connectivity index (χ2v) is 3.57. The lowest BCUT2D eigenvalue weighted by molar-refractivity contribution is 0.114. The van der Waals surface area contributed by atoms with Crippen molar-refractivity contribution in [1.82, 2.24) is 9.97 Å². The van der Waals surface area contributed by atoms with Gasteiger partial charge in [-0.25, -0.2) is 4.98 Å². The predicted molar refractivity (Wildman–Crippen MR) is 49.8 cm³/mol. The molecular weight excluding hydrogens is 164 g/mol. The van der Waals surface area contributed by atoms with E-state index in [1.807, 2.05) is 19.9 Å². The van der Waals surface area contributed by atoms with E-state index in [1.165, 1.54) is 19.3 Å². The van der Waals surface area contributed by atoms with Crippen LogP contribution < -0.4 is 4.74 Å². The highest BCUT2D eigenvalue weighted by Crippen LogP contribution is 2.23. The van der Waals surface area contributed by atoms with E-state index >= 15 is 0 Å². The van der Waals surface area contributed by atoms with Crippen molar-refractivity contribution in [3.63, 3.8) is 0 Å². The van der Waals surface area contributed by atoms with Crippen LogP contribution in [0.25, 0.3) is 0 Å². The van der Waals surface area contributed by atoms with Crippen molar-refractivity contribution in [2.45, 2.75) is 39.2 Å². The first-order valence-electron chi connectivity index (χ1n) is 4.73. The molecule has 1 aliphatic rings. The maximum atomic E-state index is 5.66. The number of hydrogen-bond donors (Lipinski definition) is 0. The van der Waals surface area contributed by atoms with Crippen LogP contribution in [0.15, 0.2) is 6.07 Å². The summed E-state index contributed by atoms with van der Waals surface area (Å²) in [6.45, 7) is 3.85. The van der Waals surface area contributed by atoms with Gasteiger partial charge in [0.25, 0.3) is 0 Å². The molecule has 70 valence electrons. The molecule has 1 saturated carbocycles. The zero-order chi connectivity index (χ0) is 9.26. The van der Waals surface area contributed by atoms with E-state index in [0.29, 0.717) is 6.10 Å². The second-order valence-electron chi connectivity index (χ2n) is 3.57. The summed E-state index contributed by atoms with van der Waals surface area (Å²) in [4.78, 5) is 8.42. The third-order valence-electron chi connectivity index (χ3n) is 2.28. The van der Waals surface area contributed by atoms with Crippen molar-refractivity contribution in [3.05, 3.63) is 17.6 Å². The largest absolute Gasteiger partial charge is 0.474 e. The highest BCUT2D eigenvalue weighted by atomic mass is 16.5. The Kier molecular flexibility index (Phi) is 2.17. The average molecular weight is 178 g/mol. The fourth-order valence-corrected chi connectivity index (χ4v) is 1.40. The van der Waals surface area contributed by atoms with E-state index in [2.05, 4.69) is 9.97 Å². The number of rotatable bonds is 2. The van der Waals surface area contributed by atoms with Gasteiger partial charge in [-0.05, 0) is 33.1 Å². The molecule has 1 aromatic rings. The lowest BCUT2D eigenvalue weighted by Crippen LogP contribution is -2.25. The van der Waals surface area contributed by atoms with Crippen LogP contribution in [0.4, 0.5) is 0 Å². The van der Waals surface area contributed by atoms with Crippen LogP contribution in [-0.2, 0) is 0 Å². The molecule has 0 N–H and O–H groups in total. The molecule has 1 aliphatic carbocycles. The Balaban J connectivity index is 2.10. The minimum Gasteiger partial charge on any atom is -0.474 e. The molecular formula is C10H14N2O. The summed E-state index contributed by atoms with van der Waals surface area (Å²) in [6.07, 6.45) is 4.02. The summed E-state index contributed by atoms with van der Waals surface area (Å²) in [5.41, 5.74) is 0.974. The maximum absolute atomic E-state index is 5.66. The minimum absolute atomic E-state index is 0.397. The Morgan fingerprint density at radius 2 is 2.08 bits per heavy atom. The van der Waals surface area contributed by atoms with Gasteiger partial charge in [-0.15, -0.1) is 0 Å². The highest BCUT2D eigenvalue weighted by Gasteiger charge is 2.19. The van der Waals surface area contributed by atoms with E-state index in [9.17, 15) is 0 Å². The SMILES string of the molecule is Cc1cc(OC2CCC2)nc(C)n1. The molecule has 0 aromatic carbocycles. The van der Waals surface area contributed by atoms with Crippen LogP contribution in [0.2, 0.25) is 0 Å². The zero-order valence-corrected chi connectivity index (χ0v) is 8.08. The van der Waals surface area contributed by atoms with E-state index in [4.69, 9.17) is 4.74 Å². The standard InChI is InChI=1S/C10H14N2O/c1-7-6-10(12-8(2)11-7)13-9-4-3-5-9/h6,9H,3-5H2,1-2H3. The normalized spacial score (nSPS) is 16.8. The van der Waals surface area contributed by atoms with Crippen LogP contribution >= 0.6 is 0 Å². The van der Waals surface area contributed by atoms with E-state index in [0.717, 1.165) is 17.4 Å². The van der Waals surface area contributed by atoms with Gasteiger partial charge in [-0.3, -0.25) is 0 Å². The fourth-order valence-electron chi connectivity index (χ4n) is 1.40. The third-order valence-corrected chi connectivity index (χ3v) is 2.28. The lowest BCUT2D eigenvalue weighted by atomic mass is 9.96. The lowest BCUT2D eigenvalue weighted by Gasteiger charge is -2.25. The summed E-state index contributed by atoms with van der Waals surface area (Å²) < 4.78 is 5.66. The van der Waals surface area contributed by atoms with Gasteiger partial charge in [-0.1, -0.05) is 0 Å². The van der Waals surface area contributed by atoms with Gasteiger partial charge >= 0.3 is 0 Å². The molecule has 2 rings (SSSR count). The average Bonchev–Trinajstić information content (AvgIpc) is 1.95. The Hall–Kier alpha value is -1.12. The molecule has 3 nitrogen and oxygen atoms in total. The molecule has 0 radical (unpaired) electrons. The van der Waals surface area contributed by atoms with Crippen molar-refractivity contribution in [3.8, 4) is 5.88 Å². The van der Waals surface area contributed by atoms with Crippen LogP contribution in [0, 0.1) is 13.8 Å². The molecule has 1 heterocycles. The molecule has 1 fully saturated rings. The Bertz CT molecular complexity index is 288. The van der Waals surface area contributed by atoms with Crippen molar-refractivity contribution in [1.29, 1.82) is 0 Å². The van der Waals surface area contributed by atoms with Gasteiger partial charge in [0.2, 0.25) is 5.88 Å². The molecule has 0 aliphatic heterocycles. The van der Waals surface area contributed by atoms with Crippen molar-refractivity contribution in [2.75, 3.05) is 0 Å². The topological polar surface area (TPSA) is 35.0 Å². The zero-order valence-electron chi connectivity index (χ0n) is 8.08. The molecule has 0 unspecified atom stereocenters. The molecule has 0 bridgehead atoms. The molecule has 0 saturated heterocycles. The minimum atomic E-state index is 0.397. The molecule has 0 amide bonds. The summed E-state index contributed by atoms with van der Waals surface area (Å²) in [7, 11) is 0. The first-order chi connectivity index (χ1) is 6.24. The van der Waals surface area contributed by atoms with Crippen molar-refractivity contribution < 1.29 is 4.74 Å². The first kappa shape index (κ1) is 8.48. The summed E-state index contributed by atoms with van der Waals surface area (Å²) in [6, 6.07) is 1.89. The van der Waals surface area contributed by atoms with Gasteiger partial charge < -0.3 is 4.74 Å². The maximum Gasteiger partial charge on any atom is 0.217 e. The van der Waals surface area contributed by atoms with Gasteiger partial charge in [-0.2, -0.15) is 4.98 Å². The molecule has 3 heteroatoms. The van der Waals surface area contributed by atoms with Crippen LogP contribution in [0.1, 0.15) is 30.8 Å². The quantitative estimate of drug-likeness (QED) is 0.695. The predicted octanol–water partition coefficient (Wildman–Crippen LogP) is 2.02. The Labute approximate surface area is 78.2 Å². The molecule has 0 spiro atoms. The van der Waals surface area contributed by atoms with Crippen molar-refractivity contribution in [2.24, 2.45) is 0 Å². The van der Waals surface area contributed by atoms with E-state index in [1.54, 1.807) is 0 Å². The fraction of sp³-hybridized carbons (Fsp3) is 0.600. The number of aryl methyl sites for hydroxylation is 2.